The molecule has 1 heterocycles. The molecule has 1 N–H and O–H groups in total. The van der Waals surface area contributed by atoms with Crippen LogP contribution in [0.3, 0.4) is 0 Å². The fourth-order valence-electron chi connectivity index (χ4n) is 2.18. The lowest BCUT2D eigenvalue weighted by Crippen LogP contribution is -2.16. The molecule has 0 saturated heterocycles. The molecule has 2 aromatic carbocycles. The van der Waals surface area contributed by atoms with Gasteiger partial charge >= 0.3 is 0 Å². The predicted molar refractivity (Wildman–Crippen MR) is 93.9 cm³/mol. The maximum atomic E-state index is 12.3. The van der Waals surface area contributed by atoms with Gasteiger partial charge in [-0.3, -0.25) is 9.69 Å². The van der Waals surface area contributed by atoms with E-state index >= 15 is 0 Å². The van der Waals surface area contributed by atoms with E-state index in [4.69, 9.17) is 0 Å². The summed E-state index contributed by atoms with van der Waals surface area (Å²) in [7, 11) is -3.81. The summed E-state index contributed by atoms with van der Waals surface area (Å²) in [4.78, 5) is 20.5. The second kappa shape index (κ2) is 7.10. The Balaban J connectivity index is 1.85. The highest BCUT2D eigenvalue weighted by Gasteiger charge is 2.16. The molecule has 126 valence electrons. The molecule has 0 bridgehead atoms. The molecule has 0 fully saturated rings. The largest absolute Gasteiger partial charge is 0.284 e. The van der Waals surface area contributed by atoms with Gasteiger partial charge in [-0.15, -0.1) is 0 Å². The maximum Gasteiger partial charge on any atom is 0.264 e. The molecule has 0 spiro atoms. The number of carbonyl (C=O) groups is 1. The molecule has 0 radical (unpaired) electrons. The molecule has 0 aliphatic heterocycles. The number of hydrogen-bond acceptors (Lipinski definition) is 5. The zero-order valence-corrected chi connectivity index (χ0v) is 13.8. The van der Waals surface area contributed by atoms with Crippen LogP contribution in [0.15, 0.2) is 78.0 Å². The van der Waals surface area contributed by atoms with Crippen LogP contribution < -0.4 is 9.62 Å². The number of nitrogens with zero attached hydrogens (tertiary/aromatic N) is 3. The van der Waals surface area contributed by atoms with Crippen molar-refractivity contribution in [3.05, 3.63) is 73.1 Å². The number of nitrogens with one attached hydrogen (secondary N) is 1. The molecule has 0 atom stereocenters. The minimum absolute atomic E-state index is 0.00891. The number of carbonyl (C=O) groups excluding carboxylic acids is 1. The first-order valence-corrected chi connectivity index (χ1v) is 8.78. The van der Waals surface area contributed by atoms with Crippen molar-refractivity contribution in [2.75, 3.05) is 9.62 Å². The number of sulfonamides is 1. The van der Waals surface area contributed by atoms with Crippen LogP contribution in [0.2, 0.25) is 0 Å². The smallest absolute Gasteiger partial charge is 0.264 e. The summed E-state index contributed by atoms with van der Waals surface area (Å²) in [5, 5.41) is 0. The molecule has 0 aliphatic carbocycles. The first-order chi connectivity index (χ1) is 12.1. The number of rotatable bonds is 6. The van der Waals surface area contributed by atoms with Crippen LogP contribution in [0.5, 0.6) is 0 Å². The van der Waals surface area contributed by atoms with Gasteiger partial charge in [-0.25, -0.2) is 23.1 Å². The van der Waals surface area contributed by atoms with Gasteiger partial charge in [-0.2, -0.15) is 0 Å². The Hall–Kier alpha value is -3.26. The van der Waals surface area contributed by atoms with Crippen LogP contribution in [0.1, 0.15) is 0 Å². The Morgan fingerprint density at radius 1 is 0.840 bits per heavy atom. The zero-order valence-electron chi connectivity index (χ0n) is 13.0. The van der Waals surface area contributed by atoms with Gasteiger partial charge in [0.2, 0.25) is 12.4 Å². The quantitative estimate of drug-likeness (QED) is 0.687. The monoisotopic (exact) mass is 354 g/mol. The van der Waals surface area contributed by atoms with Crippen LogP contribution in [0.25, 0.3) is 0 Å². The number of anilines is 3. The Labute approximate surface area is 145 Å². The Morgan fingerprint density at radius 3 is 2.04 bits per heavy atom. The van der Waals surface area contributed by atoms with Gasteiger partial charge in [-0.05, 0) is 42.5 Å². The molecule has 1 amide bonds. The van der Waals surface area contributed by atoms with Crippen molar-refractivity contribution in [1.29, 1.82) is 0 Å². The number of para-hydroxylation sites is 1. The SMILES string of the molecule is O=CN(c1ccccc1)c1ccc(S(=O)(=O)Nc2ncccn2)cc1. The lowest BCUT2D eigenvalue weighted by molar-refractivity contribution is -0.106. The van der Waals surface area contributed by atoms with Gasteiger partial charge in [-0.1, -0.05) is 18.2 Å². The van der Waals surface area contributed by atoms with E-state index in [0.29, 0.717) is 17.8 Å². The average molecular weight is 354 g/mol. The van der Waals surface area contributed by atoms with Crippen molar-refractivity contribution in [1.82, 2.24) is 9.97 Å². The van der Waals surface area contributed by atoms with E-state index in [1.54, 1.807) is 30.3 Å². The van der Waals surface area contributed by atoms with Crippen molar-refractivity contribution < 1.29 is 13.2 Å². The van der Waals surface area contributed by atoms with E-state index in [2.05, 4.69) is 14.7 Å². The molecule has 8 heteroatoms. The lowest BCUT2D eigenvalue weighted by atomic mass is 10.2. The molecule has 0 saturated carbocycles. The first-order valence-electron chi connectivity index (χ1n) is 7.30. The third-order valence-electron chi connectivity index (χ3n) is 3.36. The highest BCUT2D eigenvalue weighted by molar-refractivity contribution is 7.92. The average Bonchev–Trinajstić information content (AvgIpc) is 2.64. The topological polar surface area (TPSA) is 92.3 Å². The van der Waals surface area contributed by atoms with Crippen LogP contribution in [-0.4, -0.2) is 24.8 Å². The van der Waals surface area contributed by atoms with Gasteiger partial charge in [0.25, 0.3) is 10.0 Å². The van der Waals surface area contributed by atoms with Crippen LogP contribution in [-0.2, 0) is 14.8 Å². The minimum atomic E-state index is -3.81. The Bertz CT molecular complexity index is 946. The van der Waals surface area contributed by atoms with Gasteiger partial charge in [0.1, 0.15) is 0 Å². The van der Waals surface area contributed by atoms with Crippen molar-refractivity contribution in [2.45, 2.75) is 4.90 Å². The van der Waals surface area contributed by atoms with E-state index in [0.717, 1.165) is 0 Å². The van der Waals surface area contributed by atoms with Crippen molar-refractivity contribution in [3.8, 4) is 0 Å². The highest BCUT2D eigenvalue weighted by Crippen LogP contribution is 2.25. The third-order valence-corrected chi connectivity index (χ3v) is 4.70. The summed E-state index contributed by atoms with van der Waals surface area (Å²) in [6.07, 6.45) is 3.56. The standard InChI is InChI=1S/C17H14N4O3S/c22-13-21(14-5-2-1-3-6-14)15-7-9-16(10-8-15)25(23,24)20-17-18-11-4-12-19-17/h1-13H,(H,18,19,20). The van der Waals surface area contributed by atoms with E-state index in [9.17, 15) is 13.2 Å². The summed E-state index contributed by atoms with van der Waals surface area (Å²) >= 11 is 0. The third kappa shape index (κ3) is 3.81. The number of aromatic nitrogens is 2. The summed E-state index contributed by atoms with van der Waals surface area (Å²) in [6, 6.07) is 16.6. The van der Waals surface area contributed by atoms with Gasteiger partial charge in [0.15, 0.2) is 0 Å². The number of amides is 1. The Kier molecular flexibility index (Phi) is 4.71. The Morgan fingerprint density at radius 2 is 1.44 bits per heavy atom. The molecule has 3 rings (SSSR count). The summed E-state index contributed by atoms with van der Waals surface area (Å²) in [5.41, 5.74) is 1.24. The molecular weight excluding hydrogens is 340 g/mol. The molecule has 1 aromatic heterocycles. The molecular formula is C17H14N4O3S. The van der Waals surface area contributed by atoms with E-state index in [1.165, 1.54) is 29.4 Å². The number of hydrogen-bond donors (Lipinski definition) is 1. The normalized spacial score (nSPS) is 10.9. The minimum Gasteiger partial charge on any atom is -0.284 e. The second-order valence-electron chi connectivity index (χ2n) is 4.98. The van der Waals surface area contributed by atoms with Gasteiger partial charge < -0.3 is 0 Å². The lowest BCUT2D eigenvalue weighted by Gasteiger charge is -2.17. The zero-order chi connectivity index (χ0) is 17.7. The fourth-order valence-corrected chi connectivity index (χ4v) is 3.13. The summed E-state index contributed by atoms with van der Waals surface area (Å²) in [6.45, 7) is 0. The highest BCUT2D eigenvalue weighted by atomic mass is 32.2. The van der Waals surface area contributed by atoms with Crippen molar-refractivity contribution in [3.63, 3.8) is 0 Å². The first kappa shape index (κ1) is 16.6. The van der Waals surface area contributed by atoms with Crippen LogP contribution in [0.4, 0.5) is 17.3 Å². The van der Waals surface area contributed by atoms with Gasteiger partial charge in [0.05, 0.1) is 4.90 Å². The van der Waals surface area contributed by atoms with Gasteiger partial charge in [0, 0.05) is 23.8 Å². The van der Waals surface area contributed by atoms with Crippen molar-refractivity contribution in [2.24, 2.45) is 0 Å². The van der Waals surface area contributed by atoms with E-state index in [1.807, 2.05) is 18.2 Å². The van der Waals surface area contributed by atoms with Crippen molar-refractivity contribution >= 4 is 33.8 Å². The molecule has 3 aromatic rings. The molecule has 0 unspecified atom stereocenters. The molecule has 7 nitrogen and oxygen atoms in total. The number of benzene rings is 2. The van der Waals surface area contributed by atoms with Crippen LogP contribution >= 0.6 is 0 Å². The second-order valence-corrected chi connectivity index (χ2v) is 6.67. The van der Waals surface area contributed by atoms with Crippen LogP contribution in [0, 0.1) is 0 Å². The molecule has 0 aliphatic rings. The van der Waals surface area contributed by atoms with E-state index in [-0.39, 0.29) is 10.8 Å². The fraction of sp³-hybridized carbons (Fsp3) is 0. The maximum absolute atomic E-state index is 12.3. The summed E-state index contributed by atoms with van der Waals surface area (Å²) in [5.74, 6) is -0.00891. The predicted octanol–water partition coefficient (Wildman–Crippen LogP) is 2.57. The summed E-state index contributed by atoms with van der Waals surface area (Å²) < 4.78 is 27.0. The molecule has 25 heavy (non-hydrogen) atoms. The van der Waals surface area contributed by atoms with E-state index < -0.39 is 10.0 Å².